The Morgan fingerprint density at radius 2 is 1.81 bits per heavy atom. The highest BCUT2D eigenvalue weighted by atomic mass is 79.9. The average Bonchev–Trinajstić information content (AvgIpc) is 3.03. The molecule has 8 heteroatoms. The van der Waals surface area contributed by atoms with Crippen molar-refractivity contribution in [1.82, 2.24) is 9.80 Å². The van der Waals surface area contributed by atoms with Crippen LogP contribution in [0.2, 0.25) is 5.02 Å². The summed E-state index contributed by atoms with van der Waals surface area (Å²) in [6.45, 7) is 3.89. The van der Waals surface area contributed by atoms with Gasteiger partial charge in [-0.15, -0.1) is 0 Å². The number of morpholine rings is 1. The molecule has 1 atom stereocenters. The summed E-state index contributed by atoms with van der Waals surface area (Å²) in [5.41, 5.74) is 1.29. The maximum absolute atomic E-state index is 13.0. The van der Waals surface area contributed by atoms with E-state index in [-0.39, 0.29) is 11.3 Å². The van der Waals surface area contributed by atoms with Crippen LogP contribution in [0, 0.1) is 0 Å². The first kappa shape index (κ1) is 22.0. The number of likely N-dealkylation sites (tertiary alicyclic amines) is 1. The van der Waals surface area contributed by atoms with Gasteiger partial charge in [-0.25, -0.2) is 0 Å². The van der Waals surface area contributed by atoms with Crippen molar-refractivity contribution in [2.75, 3.05) is 39.4 Å². The fourth-order valence-corrected chi connectivity index (χ4v) is 4.51. The number of benzene rings is 2. The van der Waals surface area contributed by atoms with Crippen molar-refractivity contribution in [3.63, 3.8) is 0 Å². The number of hydrogen-bond donors (Lipinski definition) is 1. The van der Waals surface area contributed by atoms with Gasteiger partial charge in [0.05, 0.1) is 24.8 Å². The lowest BCUT2D eigenvalue weighted by atomic mass is 9.95. The Kier molecular flexibility index (Phi) is 6.77. The third-order valence-corrected chi connectivity index (χ3v) is 6.33. The zero-order valence-corrected chi connectivity index (χ0v) is 19.1. The van der Waals surface area contributed by atoms with Crippen molar-refractivity contribution < 1.29 is 19.4 Å². The summed E-state index contributed by atoms with van der Waals surface area (Å²) in [7, 11) is 0. The molecule has 4 rings (SSSR count). The molecule has 2 aromatic rings. The van der Waals surface area contributed by atoms with Crippen LogP contribution in [0.1, 0.15) is 17.2 Å². The van der Waals surface area contributed by atoms with E-state index in [1.807, 2.05) is 24.3 Å². The number of ether oxygens (including phenoxy) is 1. The number of carbonyl (C=O) groups excluding carboxylic acids is 2. The molecule has 2 heterocycles. The summed E-state index contributed by atoms with van der Waals surface area (Å²) < 4.78 is 6.22. The number of aliphatic hydroxyl groups excluding tert-OH is 1. The third kappa shape index (κ3) is 4.70. The SMILES string of the molecule is O=C1C(=O)N(CCN2CCOCC2)C(c2cccc(Br)c2)/C1=C(\O)c1ccc(Cl)cc1. The van der Waals surface area contributed by atoms with Crippen molar-refractivity contribution in [3.05, 3.63) is 74.7 Å². The van der Waals surface area contributed by atoms with Gasteiger partial charge >= 0.3 is 0 Å². The van der Waals surface area contributed by atoms with E-state index in [9.17, 15) is 14.7 Å². The molecule has 0 aromatic heterocycles. The lowest BCUT2D eigenvalue weighted by molar-refractivity contribution is -0.140. The highest BCUT2D eigenvalue weighted by Gasteiger charge is 2.46. The molecule has 2 aliphatic heterocycles. The molecule has 2 aromatic carbocycles. The van der Waals surface area contributed by atoms with E-state index >= 15 is 0 Å². The maximum atomic E-state index is 13.0. The number of halogens is 2. The first-order chi connectivity index (χ1) is 15.0. The highest BCUT2D eigenvalue weighted by Crippen LogP contribution is 2.40. The summed E-state index contributed by atoms with van der Waals surface area (Å²) in [6, 6.07) is 13.3. The molecule has 1 N–H and O–H groups in total. The summed E-state index contributed by atoms with van der Waals surface area (Å²) in [6.07, 6.45) is 0. The maximum Gasteiger partial charge on any atom is 0.295 e. The van der Waals surface area contributed by atoms with Gasteiger partial charge in [0.2, 0.25) is 0 Å². The van der Waals surface area contributed by atoms with Crippen LogP contribution in [0.3, 0.4) is 0 Å². The highest BCUT2D eigenvalue weighted by molar-refractivity contribution is 9.10. The number of ketones is 1. The standard InChI is InChI=1S/C23H22BrClN2O4/c24-17-3-1-2-16(14-17)20-19(21(28)15-4-6-18(25)7-5-15)22(29)23(30)27(20)9-8-26-10-12-31-13-11-26/h1-7,14,20,28H,8-13H2/b21-19+. The van der Waals surface area contributed by atoms with Gasteiger partial charge in [0, 0.05) is 41.2 Å². The van der Waals surface area contributed by atoms with E-state index in [0.717, 1.165) is 23.1 Å². The predicted octanol–water partition coefficient (Wildman–Crippen LogP) is 3.86. The molecule has 31 heavy (non-hydrogen) atoms. The third-order valence-electron chi connectivity index (χ3n) is 5.58. The monoisotopic (exact) mass is 504 g/mol. The fraction of sp³-hybridized carbons (Fsp3) is 0.304. The number of nitrogens with zero attached hydrogens (tertiary/aromatic N) is 2. The molecule has 1 unspecified atom stereocenters. The van der Waals surface area contributed by atoms with E-state index in [1.165, 1.54) is 0 Å². The van der Waals surface area contributed by atoms with E-state index in [4.69, 9.17) is 16.3 Å². The topological polar surface area (TPSA) is 70.1 Å². The number of Topliss-reactive ketones (excluding diaryl/α,β-unsaturated/α-hetero) is 1. The minimum absolute atomic E-state index is 0.0902. The molecule has 2 aliphatic rings. The Morgan fingerprint density at radius 1 is 1.10 bits per heavy atom. The number of carbonyl (C=O) groups is 2. The molecule has 0 bridgehead atoms. The van der Waals surface area contributed by atoms with E-state index < -0.39 is 17.7 Å². The first-order valence-electron chi connectivity index (χ1n) is 10.1. The van der Waals surface area contributed by atoms with Crippen LogP contribution in [-0.4, -0.2) is 66.0 Å². The predicted molar refractivity (Wildman–Crippen MR) is 122 cm³/mol. The van der Waals surface area contributed by atoms with Crippen molar-refractivity contribution in [2.24, 2.45) is 0 Å². The normalized spacial score (nSPS) is 21.6. The first-order valence-corrected chi connectivity index (χ1v) is 11.2. The van der Waals surface area contributed by atoms with E-state index in [1.54, 1.807) is 29.2 Å². The second-order valence-electron chi connectivity index (χ2n) is 7.51. The lowest BCUT2D eigenvalue weighted by Crippen LogP contribution is -2.42. The van der Waals surface area contributed by atoms with Gasteiger partial charge in [0.1, 0.15) is 5.76 Å². The van der Waals surface area contributed by atoms with Gasteiger partial charge in [-0.2, -0.15) is 0 Å². The molecule has 2 saturated heterocycles. The van der Waals surface area contributed by atoms with E-state index in [0.29, 0.717) is 36.9 Å². The van der Waals surface area contributed by atoms with Crippen LogP contribution in [0.25, 0.3) is 5.76 Å². The van der Waals surface area contributed by atoms with Gasteiger partial charge < -0.3 is 14.7 Å². The fourth-order valence-electron chi connectivity index (χ4n) is 3.97. The van der Waals surface area contributed by atoms with Gasteiger partial charge in [0.25, 0.3) is 11.7 Å². The molecule has 0 saturated carbocycles. The van der Waals surface area contributed by atoms with Crippen LogP contribution >= 0.6 is 27.5 Å². The van der Waals surface area contributed by atoms with Crippen molar-refractivity contribution >= 4 is 45.0 Å². The summed E-state index contributed by atoms with van der Waals surface area (Å²) in [5, 5.41) is 11.6. The molecular weight excluding hydrogens is 484 g/mol. The van der Waals surface area contributed by atoms with Gasteiger partial charge in [0.15, 0.2) is 0 Å². The lowest BCUT2D eigenvalue weighted by Gasteiger charge is -2.31. The Morgan fingerprint density at radius 3 is 2.48 bits per heavy atom. The average molecular weight is 506 g/mol. The van der Waals surface area contributed by atoms with E-state index in [2.05, 4.69) is 20.8 Å². The Hall–Kier alpha value is -2.19. The van der Waals surface area contributed by atoms with Crippen LogP contribution < -0.4 is 0 Å². The molecule has 6 nitrogen and oxygen atoms in total. The van der Waals surface area contributed by atoms with Crippen molar-refractivity contribution in [2.45, 2.75) is 6.04 Å². The van der Waals surface area contributed by atoms with Crippen LogP contribution in [0.4, 0.5) is 0 Å². The number of aliphatic hydroxyl groups is 1. The van der Waals surface area contributed by atoms with Gasteiger partial charge in [-0.1, -0.05) is 39.7 Å². The number of hydrogen-bond acceptors (Lipinski definition) is 5. The molecule has 0 aliphatic carbocycles. The summed E-state index contributed by atoms with van der Waals surface area (Å²) in [5.74, 6) is -1.48. The molecule has 0 radical (unpaired) electrons. The second-order valence-corrected chi connectivity index (χ2v) is 8.86. The van der Waals surface area contributed by atoms with Crippen molar-refractivity contribution in [3.8, 4) is 0 Å². The zero-order valence-electron chi connectivity index (χ0n) is 16.8. The van der Waals surface area contributed by atoms with Crippen LogP contribution in [-0.2, 0) is 14.3 Å². The molecular formula is C23H22BrClN2O4. The van der Waals surface area contributed by atoms with Crippen LogP contribution in [0.15, 0.2) is 58.6 Å². The summed E-state index contributed by atoms with van der Waals surface area (Å²) in [4.78, 5) is 29.8. The molecule has 162 valence electrons. The van der Waals surface area contributed by atoms with Crippen LogP contribution in [0.5, 0.6) is 0 Å². The molecule has 0 spiro atoms. The zero-order chi connectivity index (χ0) is 22.0. The summed E-state index contributed by atoms with van der Waals surface area (Å²) >= 11 is 9.43. The van der Waals surface area contributed by atoms with Crippen molar-refractivity contribution in [1.29, 1.82) is 0 Å². The second kappa shape index (κ2) is 9.53. The quantitative estimate of drug-likeness (QED) is 0.380. The molecule has 2 fully saturated rings. The Bertz CT molecular complexity index is 1020. The Balaban J connectivity index is 1.73. The number of amides is 1. The van der Waals surface area contributed by atoms with Gasteiger partial charge in [-0.3, -0.25) is 14.5 Å². The smallest absolute Gasteiger partial charge is 0.295 e. The minimum Gasteiger partial charge on any atom is -0.507 e. The minimum atomic E-state index is -0.681. The molecule has 1 amide bonds. The van der Waals surface area contributed by atoms with Gasteiger partial charge in [-0.05, 0) is 42.0 Å². The number of rotatable bonds is 5. The largest absolute Gasteiger partial charge is 0.507 e. The Labute approximate surface area is 194 Å².